The van der Waals surface area contributed by atoms with Crippen molar-refractivity contribution >= 4 is 0 Å². The molecule has 0 radical (unpaired) electrons. The van der Waals surface area contributed by atoms with Crippen LogP contribution in [0.2, 0.25) is 0 Å². The van der Waals surface area contributed by atoms with E-state index in [1.807, 2.05) is 12.3 Å². The van der Waals surface area contributed by atoms with Gasteiger partial charge in [0, 0.05) is 24.5 Å². The third-order valence-electron chi connectivity index (χ3n) is 3.83. The van der Waals surface area contributed by atoms with Gasteiger partial charge in [-0.3, -0.25) is 4.98 Å². The van der Waals surface area contributed by atoms with Crippen LogP contribution in [0.4, 0.5) is 0 Å². The topological polar surface area (TPSA) is 48.7 Å². The minimum Gasteiger partial charge on any atom is -0.306 e. The van der Waals surface area contributed by atoms with Crippen molar-refractivity contribution < 1.29 is 0 Å². The molecule has 0 amide bonds. The number of nitriles is 1. The molecule has 1 aromatic heterocycles. The Morgan fingerprint density at radius 3 is 2.94 bits per heavy atom. The van der Waals surface area contributed by atoms with E-state index in [1.54, 1.807) is 6.20 Å². The summed E-state index contributed by atoms with van der Waals surface area (Å²) in [6, 6.07) is 7.11. The van der Waals surface area contributed by atoms with Crippen molar-refractivity contribution in [2.45, 2.75) is 51.1 Å². The van der Waals surface area contributed by atoms with Gasteiger partial charge in [-0.15, -0.1) is 0 Å². The lowest BCUT2D eigenvalue weighted by atomic mass is 9.95. The maximum atomic E-state index is 9.27. The molecule has 3 heteroatoms. The lowest BCUT2D eigenvalue weighted by molar-refractivity contribution is 0.361. The van der Waals surface area contributed by atoms with E-state index in [4.69, 9.17) is 0 Å². The minimum absolute atomic E-state index is 0.159. The van der Waals surface area contributed by atoms with Crippen molar-refractivity contribution in [3.05, 3.63) is 30.1 Å². The van der Waals surface area contributed by atoms with Crippen molar-refractivity contribution in [3.8, 4) is 6.07 Å². The first-order valence-electron chi connectivity index (χ1n) is 6.87. The Morgan fingerprint density at radius 1 is 1.39 bits per heavy atom. The van der Waals surface area contributed by atoms with Gasteiger partial charge < -0.3 is 5.32 Å². The third-order valence-corrected chi connectivity index (χ3v) is 3.83. The summed E-state index contributed by atoms with van der Waals surface area (Å²) in [6.07, 6.45) is 9.53. The molecule has 96 valence electrons. The summed E-state index contributed by atoms with van der Waals surface area (Å²) in [5.41, 5.74) is 1.19. The highest BCUT2D eigenvalue weighted by atomic mass is 15.0. The average molecular weight is 243 g/mol. The standard InChI is InChI=1S/C15H21N3/c1-12(14-7-5-9-17-11-14)18-15-8-4-2-3-6-13(15)10-16/h5,7,9,11-13,15,18H,2-4,6,8H2,1H3/t12-,13?,15?/m0/s1. The zero-order chi connectivity index (χ0) is 12.8. The van der Waals surface area contributed by atoms with Crippen molar-refractivity contribution in [1.82, 2.24) is 10.3 Å². The van der Waals surface area contributed by atoms with Gasteiger partial charge in [0.1, 0.15) is 0 Å². The summed E-state index contributed by atoms with van der Waals surface area (Å²) >= 11 is 0. The molecule has 1 heterocycles. The number of hydrogen-bond acceptors (Lipinski definition) is 3. The second-order valence-corrected chi connectivity index (χ2v) is 5.15. The summed E-state index contributed by atoms with van der Waals surface area (Å²) in [5, 5.41) is 12.9. The molecular formula is C15H21N3. The average Bonchev–Trinajstić information content (AvgIpc) is 2.64. The number of aromatic nitrogens is 1. The highest BCUT2D eigenvalue weighted by molar-refractivity contribution is 5.13. The SMILES string of the molecule is C[C@H](NC1CCCCCC1C#N)c1cccnc1. The van der Waals surface area contributed by atoms with Crippen LogP contribution in [0.5, 0.6) is 0 Å². The minimum atomic E-state index is 0.159. The Hall–Kier alpha value is -1.40. The third kappa shape index (κ3) is 3.30. The normalized spacial score (nSPS) is 26.0. The highest BCUT2D eigenvalue weighted by Crippen LogP contribution is 2.25. The molecule has 1 N–H and O–H groups in total. The molecule has 1 fully saturated rings. The van der Waals surface area contributed by atoms with E-state index in [2.05, 4.69) is 29.4 Å². The smallest absolute Gasteiger partial charge is 0.0672 e. The molecule has 0 aromatic carbocycles. The van der Waals surface area contributed by atoms with Crippen LogP contribution in [-0.2, 0) is 0 Å². The van der Waals surface area contributed by atoms with Gasteiger partial charge in [0.05, 0.1) is 12.0 Å². The van der Waals surface area contributed by atoms with E-state index < -0.39 is 0 Å². The van der Waals surface area contributed by atoms with Crippen molar-refractivity contribution in [2.24, 2.45) is 5.92 Å². The van der Waals surface area contributed by atoms with Crippen LogP contribution in [0.15, 0.2) is 24.5 Å². The van der Waals surface area contributed by atoms with Crippen LogP contribution in [0.25, 0.3) is 0 Å². The Balaban J connectivity index is 2.00. The quantitative estimate of drug-likeness (QED) is 0.829. The van der Waals surface area contributed by atoms with Gasteiger partial charge >= 0.3 is 0 Å². The maximum absolute atomic E-state index is 9.27. The molecule has 3 atom stereocenters. The van der Waals surface area contributed by atoms with Gasteiger partial charge in [0.2, 0.25) is 0 Å². The van der Waals surface area contributed by atoms with E-state index >= 15 is 0 Å². The van der Waals surface area contributed by atoms with Crippen molar-refractivity contribution in [3.63, 3.8) is 0 Å². The Bertz CT molecular complexity index is 396. The second-order valence-electron chi connectivity index (χ2n) is 5.15. The Morgan fingerprint density at radius 2 is 2.22 bits per heavy atom. The van der Waals surface area contributed by atoms with Gasteiger partial charge in [-0.2, -0.15) is 5.26 Å². The molecule has 1 aromatic rings. The summed E-state index contributed by atoms with van der Waals surface area (Å²) in [5.74, 6) is 0.159. The molecule has 18 heavy (non-hydrogen) atoms. The van der Waals surface area contributed by atoms with Crippen LogP contribution in [0.3, 0.4) is 0 Å². The van der Waals surface area contributed by atoms with Crippen molar-refractivity contribution in [2.75, 3.05) is 0 Å². The van der Waals surface area contributed by atoms with Crippen LogP contribution in [-0.4, -0.2) is 11.0 Å². The summed E-state index contributed by atoms with van der Waals surface area (Å²) in [4.78, 5) is 4.15. The molecule has 3 nitrogen and oxygen atoms in total. The summed E-state index contributed by atoms with van der Waals surface area (Å²) in [6.45, 7) is 2.15. The zero-order valence-electron chi connectivity index (χ0n) is 11.0. The van der Waals surface area contributed by atoms with E-state index in [9.17, 15) is 5.26 Å². The first-order chi connectivity index (χ1) is 8.81. The summed E-state index contributed by atoms with van der Waals surface area (Å²) < 4.78 is 0. The number of hydrogen-bond donors (Lipinski definition) is 1. The Kier molecular flexibility index (Phi) is 4.72. The summed E-state index contributed by atoms with van der Waals surface area (Å²) in [7, 11) is 0. The van der Waals surface area contributed by atoms with Gasteiger partial charge in [-0.25, -0.2) is 0 Å². The maximum Gasteiger partial charge on any atom is 0.0672 e. The zero-order valence-corrected chi connectivity index (χ0v) is 11.0. The first kappa shape index (κ1) is 13.0. The number of nitrogens with zero attached hydrogens (tertiary/aromatic N) is 2. The molecule has 1 saturated carbocycles. The van der Waals surface area contributed by atoms with Gasteiger partial charge in [-0.1, -0.05) is 25.3 Å². The van der Waals surface area contributed by atoms with E-state index in [1.165, 1.54) is 24.8 Å². The van der Waals surface area contributed by atoms with Crippen LogP contribution in [0.1, 0.15) is 50.6 Å². The lowest BCUT2D eigenvalue weighted by Gasteiger charge is -2.25. The molecule has 0 spiro atoms. The second kappa shape index (κ2) is 6.51. The van der Waals surface area contributed by atoms with Crippen LogP contribution in [0, 0.1) is 17.2 Å². The fourth-order valence-corrected chi connectivity index (χ4v) is 2.71. The fourth-order valence-electron chi connectivity index (χ4n) is 2.71. The fraction of sp³-hybridized carbons (Fsp3) is 0.600. The number of rotatable bonds is 3. The molecule has 1 aliphatic rings. The molecule has 2 unspecified atom stereocenters. The number of nitrogens with one attached hydrogen (secondary N) is 1. The predicted octanol–water partition coefficient (Wildman–Crippen LogP) is 3.20. The molecule has 1 aliphatic carbocycles. The molecule has 2 rings (SSSR count). The lowest BCUT2D eigenvalue weighted by Crippen LogP contribution is -2.36. The van der Waals surface area contributed by atoms with Crippen molar-refractivity contribution in [1.29, 1.82) is 5.26 Å². The molecule has 0 aliphatic heterocycles. The predicted molar refractivity (Wildman–Crippen MR) is 71.8 cm³/mol. The highest BCUT2D eigenvalue weighted by Gasteiger charge is 2.24. The number of pyridine rings is 1. The van der Waals surface area contributed by atoms with Crippen LogP contribution < -0.4 is 5.32 Å². The van der Waals surface area contributed by atoms with Crippen LogP contribution >= 0.6 is 0 Å². The molecule has 0 saturated heterocycles. The first-order valence-corrected chi connectivity index (χ1v) is 6.87. The largest absolute Gasteiger partial charge is 0.306 e. The van der Waals surface area contributed by atoms with E-state index in [0.717, 1.165) is 12.8 Å². The molecule has 0 bridgehead atoms. The van der Waals surface area contributed by atoms with E-state index in [-0.39, 0.29) is 12.0 Å². The monoisotopic (exact) mass is 243 g/mol. The van der Waals surface area contributed by atoms with E-state index in [0.29, 0.717) is 6.04 Å². The van der Waals surface area contributed by atoms with Gasteiger partial charge in [-0.05, 0) is 31.4 Å². The Labute approximate surface area is 109 Å². The van der Waals surface area contributed by atoms with Gasteiger partial charge in [0.25, 0.3) is 0 Å². The molecular weight excluding hydrogens is 222 g/mol. The van der Waals surface area contributed by atoms with Gasteiger partial charge in [0.15, 0.2) is 0 Å².